The number of anilines is 1. The topological polar surface area (TPSA) is 30.5 Å². The van der Waals surface area contributed by atoms with Gasteiger partial charge in [0.2, 0.25) is 0 Å². The highest BCUT2D eigenvalue weighted by Crippen LogP contribution is 2.36. The first-order valence-corrected chi connectivity index (χ1v) is 9.12. The van der Waals surface area contributed by atoms with Crippen molar-refractivity contribution in [2.45, 2.75) is 26.5 Å². The molecule has 0 amide bonds. The van der Waals surface area contributed by atoms with Gasteiger partial charge in [-0.2, -0.15) is 0 Å². The lowest BCUT2D eigenvalue weighted by Crippen LogP contribution is -2.11. The Morgan fingerprint density at radius 1 is 1.04 bits per heavy atom. The van der Waals surface area contributed by atoms with Crippen molar-refractivity contribution in [3.05, 3.63) is 64.6 Å². The zero-order valence-corrected chi connectivity index (χ0v) is 16.3. The second-order valence-electron chi connectivity index (χ2n) is 6.14. The fourth-order valence-electron chi connectivity index (χ4n) is 2.85. The molecule has 0 saturated heterocycles. The second kappa shape index (κ2) is 7.79. The molecule has 3 rings (SSSR count). The number of benzene rings is 3. The third-order valence-corrected chi connectivity index (χ3v) is 4.39. The van der Waals surface area contributed by atoms with Gasteiger partial charge in [0.05, 0.1) is 13.2 Å². The minimum absolute atomic E-state index is 0.0754. The van der Waals surface area contributed by atoms with Crippen molar-refractivity contribution < 1.29 is 9.47 Å². The number of halogens is 1. The highest BCUT2D eigenvalue weighted by Gasteiger charge is 2.14. The predicted octanol–water partition coefficient (Wildman–Crippen LogP) is 6.01. The van der Waals surface area contributed by atoms with Gasteiger partial charge in [0.25, 0.3) is 0 Å². The molecule has 3 aromatic rings. The maximum atomic E-state index is 6.01. The van der Waals surface area contributed by atoms with E-state index in [9.17, 15) is 0 Å². The minimum Gasteiger partial charge on any atom is -0.493 e. The maximum Gasteiger partial charge on any atom is 0.166 e. The van der Waals surface area contributed by atoms with Crippen molar-refractivity contribution in [3.63, 3.8) is 0 Å². The summed E-state index contributed by atoms with van der Waals surface area (Å²) in [5, 5.41) is 5.97. The molecule has 0 aliphatic heterocycles. The van der Waals surface area contributed by atoms with Crippen LogP contribution in [0.1, 0.15) is 19.4 Å². The summed E-state index contributed by atoms with van der Waals surface area (Å²) in [6.45, 7) is 4.68. The minimum atomic E-state index is 0.0754. The summed E-state index contributed by atoms with van der Waals surface area (Å²) in [7, 11) is 1.66. The highest BCUT2D eigenvalue weighted by molar-refractivity contribution is 9.10. The molecule has 0 aromatic heterocycles. The van der Waals surface area contributed by atoms with Crippen LogP contribution in [-0.4, -0.2) is 13.2 Å². The number of rotatable bonds is 6. The van der Waals surface area contributed by atoms with Crippen LogP contribution in [0.3, 0.4) is 0 Å². The van der Waals surface area contributed by atoms with Crippen molar-refractivity contribution in [2.24, 2.45) is 0 Å². The monoisotopic (exact) mass is 399 g/mol. The lowest BCUT2D eigenvalue weighted by atomic mass is 10.1. The van der Waals surface area contributed by atoms with Gasteiger partial charge in [-0.15, -0.1) is 0 Å². The summed E-state index contributed by atoms with van der Waals surface area (Å²) in [6.07, 6.45) is 0.0754. The van der Waals surface area contributed by atoms with Crippen LogP contribution in [0.5, 0.6) is 11.5 Å². The smallest absolute Gasteiger partial charge is 0.166 e. The van der Waals surface area contributed by atoms with Gasteiger partial charge >= 0.3 is 0 Å². The van der Waals surface area contributed by atoms with E-state index < -0.39 is 0 Å². The van der Waals surface area contributed by atoms with E-state index in [4.69, 9.17) is 9.47 Å². The van der Waals surface area contributed by atoms with E-state index in [1.807, 2.05) is 19.9 Å². The molecular weight excluding hydrogens is 378 g/mol. The molecular formula is C21H22BrNO2. The number of hydrogen-bond acceptors (Lipinski definition) is 3. The largest absolute Gasteiger partial charge is 0.493 e. The van der Waals surface area contributed by atoms with Crippen LogP contribution in [0.2, 0.25) is 0 Å². The summed E-state index contributed by atoms with van der Waals surface area (Å²) in [5.41, 5.74) is 2.15. The van der Waals surface area contributed by atoms with Crippen molar-refractivity contribution in [1.82, 2.24) is 0 Å². The Hall–Kier alpha value is -2.20. The maximum absolute atomic E-state index is 6.01. The van der Waals surface area contributed by atoms with E-state index in [0.29, 0.717) is 6.54 Å². The van der Waals surface area contributed by atoms with Crippen LogP contribution in [0.25, 0.3) is 10.8 Å². The van der Waals surface area contributed by atoms with Gasteiger partial charge in [-0.05, 0) is 37.4 Å². The average molecular weight is 400 g/mol. The number of hydrogen-bond donors (Lipinski definition) is 1. The van der Waals surface area contributed by atoms with Gasteiger partial charge in [0.15, 0.2) is 11.5 Å². The van der Waals surface area contributed by atoms with E-state index in [-0.39, 0.29) is 6.10 Å². The van der Waals surface area contributed by atoms with Gasteiger partial charge in [0, 0.05) is 27.7 Å². The van der Waals surface area contributed by atoms with Crippen LogP contribution in [0.4, 0.5) is 5.69 Å². The number of fused-ring (bicyclic) bond motifs is 1. The SMILES string of the molecule is COc1cc(Br)cc(CNc2cccc3ccccc23)c1OC(C)C. The fraction of sp³-hybridized carbons (Fsp3) is 0.238. The first-order valence-electron chi connectivity index (χ1n) is 8.33. The van der Waals surface area contributed by atoms with E-state index in [2.05, 4.69) is 69.8 Å². The molecule has 1 N–H and O–H groups in total. The van der Waals surface area contributed by atoms with Crippen LogP contribution in [0, 0.1) is 0 Å². The predicted molar refractivity (Wildman–Crippen MR) is 108 cm³/mol. The molecule has 0 radical (unpaired) electrons. The van der Waals surface area contributed by atoms with Gasteiger partial charge in [-0.3, -0.25) is 0 Å². The molecule has 4 heteroatoms. The molecule has 0 aliphatic carbocycles. The molecule has 0 unspecified atom stereocenters. The zero-order valence-electron chi connectivity index (χ0n) is 14.7. The lowest BCUT2D eigenvalue weighted by Gasteiger charge is -2.19. The molecule has 0 saturated carbocycles. The fourth-order valence-corrected chi connectivity index (χ4v) is 3.33. The number of ether oxygens (including phenoxy) is 2. The van der Waals surface area contributed by atoms with Gasteiger partial charge in [-0.25, -0.2) is 0 Å². The Kier molecular flexibility index (Phi) is 5.49. The van der Waals surface area contributed by atoms with Crippen LogP contribution < -0.4 is 14.8 Å². The third-order valence-electron chi connectivity index (χ3n) is 3.93. The Balaban J connectivity index is 1.93. The zero-order chi connectivity index (χ0) is 17.8. The first kappa shape index (κ1) is 17.6. The summed E-state index contributed by atoms with van der Waals surface area (Å²) in [4.78, 5) is 0. The Labute approximate surface area is 157 Å². The van der Waals surface area contributed by atoms with Crippen LogP contribution >= 0.6 is 15.9 Å². The molecule has 0 atom stereocenters. The Morgan fingerprint density at radius 3 is 2.56 bits per heavy atom. The third kappa shape index (κ3) is 4.07. The summed E-state index contributed by atoms with van der Waals surface area (Å²) in [6, 6.07) is 18.6. The summed E-state index contributed by atoms with van der Waals surface area (Å²) >= 11 is 3.56. The average Bonchev–Trinajstić information content (AvgIpc) is 2.61. The molecule has 0 bridgehead atoms. The summed E-state index contributed by atoms with van der Waals surface area (Å²) in [5.74, 6) is 1.52. The van der Waals surface area contributed by atoms with Crippen LogP contribution in [-0.2, 0) is 6.54 Å². The molecule has 3 nitrogen and oxygen atoms in total. The number of nitrogens with one attached hydrogen (secondary N) is 1. The number of methoxy groups -OCH3 is 1. The van der Waals surface area contributed by atoms with E-state index in [1.165, 1.54) is 10.8 Å². The molecule has 0 spiro atoms. The van der Waals surface area contributed by atoms with Crippen molar-refractivity contribution in [1.29, 1.82) is 0 Å². The molecule has 0 heterocycles. The highest BCUT2D eigenvalue weighted by atomic mass is 79.9. The van der Waals surface area contributed by atoms with Gasteiger partial charge in [-0.1, -0.05) is 52.3 Å². The quantitative estimate of drug-likeness (QED) is 0.550. The first-order chi connectivity index (χ1) is 12.1. The van der Waals surface area contributed by atoms with Crippen molar-refractivity contribution in [3.8, 4) is 11.5 Å². The van der Waals surface area contributed by atoms with Gasteiger partial charge < -0.3 is 14.8 Å². The summed E-state index contributed by atoms with van der Waals surface area (Å²) < 4.78 is 12.5. The van der Waals surface area contributed by atoms with E-state index in [0.717, 1.165) is 27.2 Å². The second-order valence-corrected chi connectivity index (χ2v) is 7.06. The van der Waals surface area contributed by atoms with Gasteiger partial charge in [0.1, 0.15) is 0 Å². The van der Waals surface area contributed by atoms with Crippen molar-refractivity contribution >= 4 is 32.4 Å². The Morgan fingerprint density at radius 2 is 1.80 bits per heavy atom. The molecule has 25 heavy (non-hydrogen) atoms. The van der Waals surface area contributed by atoms with Crippen LogP contribution in [0.15, 0.2) is 59.1 Å². The standard InChI is InChI=1S/C21H22BrNO2/c1-14(2)25-21-16(11-17(22)12-20(21)24-3)13-23-19-10-6-8-15-7-4-5-9-18(15)19/h4-12,14,23H,13H2,1-3H3. The molecule has 0 fully saturated rings. The molecule has 0 aliphatic rings. The van der Waals surface area contributed by atoms with E-state index in [1.54, 1.807) is 7.11 Å². The molecule has 130 valence electrons. The van der Waals surface area contributed by atoms with Crippen molar-refractivity contribution in [2.75, 3.05) is 12.4 Å². The molecule has 3 aromatic carbocycles. The normalized spacial score (nSPS) is 10.9. The van der Waals surface area contributed by atoms with E-state index >= 15 is 0 Å². The lowest BCUT2D eigenvalue weighted by molar-refractivity contribution is 0.228. The Bertz CT molecular complexity index is 872.